The van der Waals surface area contributed by atoms with Gasteiger partial charge in [0.2, 0.25) is 10.0 Å². The van der Waals surface area contributed by atoms with E-state index >= 15 is 0 Å². The molecule has 0 spiro atoms. The summed E-state index contributed by atoms with van der Waals surface area (Å²) in [5, 5.41) is 2.96. The maximum atomic E-state index is 13.3. The second-order valence-corrected chi connectivity index (χ2v) is 5.51. The minimum Gasteiger partial charge on any atom is -0.315 e. The fourth-order valence-electron chi connectivity index (χ4n) is 1.77. The van der Waals surface area contributed by atoms with Gasteiger partial charge < -0.3 is 5.32 Å². The number of halogens is 3. The highest BCUT2D eigenvalue weighted by atomic mass is 35.5. The van der Waals surface area contributed by atoms with Crippen LogP contribution < -0.4 is 10.0 Å². The lowest BCUT2D eigenvalue weighted by atomic mass is 10.3. The number of sulfonamides is 1. The maximum Gasteiger partial charge on any atom is 0.246 e. The van der Waals surface area contributed by atoms with Crippen molar-refractivity contribution < 1.29 is 17.2 Å². The Morgan fingerprint density at radius 3 is 2.39 bits per heavy atom. The van der Waals surface area contributed by atoms with Gasteiger partial charge in [0.1, 0.15) is 11.6 Å². The quantitative estimate of drug-likeness (QED) is 0.876. The number of rotatable bonds is 3. The van der Waals surface area contributed by atoms with Crippen LogP contribution in [0.3, 0.4) is 0 Å². The van der Waals surface area contributed by atoms with E-state index in [1.54, 1.807) is 0 Å². The van der Waals surface area contributed by atoms with Crippen LogP contribution >= 0.6 is 12.4 Å². The molecule has 1 aliphatic heterocycles. The van der Waals surface area contributed by atoms with E-state index in [4.69, 9.17) is 0 Å². The standard InChI is InChI=1S/C10H12F2N2O2S.ClH/c11-8-2-1-3-9(12)10(8)17(15,16)14-7-4-5-13-6-7;/h1-3,7,13-14H,4-6H2;1H. The van der Waals surface area contributed by atoms with Crippen molar-refractivity contribution >= 4 is 22.4 Å². The van der Waals surface area contributed by atoms with Crippen LogP contribution in [0.15, 0.2) is 23.1 Å². The van der Waals surface area contributed by atoms with Crippen LogP contribution in [0.4, 0.5) is 8.78 Å². The predicted molar refractivity (Wildman–Crippen MR) is 65.2 cm³/mol. The molecule has 0 aliphatic carbocycles. The molecule has 1 aromatic carbocycles. The monoisotopic (exact) mass is 298 g/mol. The highest BCUT2D eigenvalue weighted by Gasteiger charge is 2.27. The largest absolute Gasteiger partial charge is 0.315 e. The first-order valence-corrected chi connectivity index (χ1v) is 6.66. The van der Waals surface area contributed by atoms with Crippen LogP contribution in [0.1, 0.15) is 6.42 Å². The molecule has 0 aromatic heterocycles. The van der Waals surface area contributed by atoms with Crippen LogP contribution in [0.25, 0.3) is 0 Å². The van der Waals surface area contributed by atoms with Gasteiger partial charge in [0.05, 0.1) is 0 Å². The van der Waals surface area contributed by atoms with E-state index in [2.05, 4.69) is 10.0 Å². The fraction of sp³-hybridized carbons (Fsp3) is 0.400. The first-order valence-electron chi connectivity index (χ1n) is 5.18. The molecule has 4 nitrogen and oxygen atoms in total. The van der Waals surface area contributed by atoms with Gasteiger partial charge in [-0.3, -0.25) is 0 Å². The maximum absolute atomic E-state index is 13.3. The molecule has 18 heavy (non-hydrogen) atoms. The van der Waals surface area contributed by atoms with E-state index in [0.717, 1.165) is 18.2 Å². The highest BCUT2D eigenvalue weighted by molar-refractivity contribution is 7.89. The third kappa shape index (κ3) is 3.17. The molecule has 1 atom stereocenters. The van der Waals surface area contributed by atoms with Crippen molar-refractivity contribution in [2.45, 2.75) is 17.4 Å². The lowest BCUT2D eigenvalue weighted by Gasteiger charge is -2.12. The third-order valence-electron chi connectivity index (χ3n) is 2.57. The van der Waals surface area contributed by atoms with Crippen LogP contribution in [0.2, 0.25) is 0 Å². The van der Waals surface area contributed by atoms with Crippen LogP contribution in [-0.4, -0.2) is 27.5 Å². The minimum atomic E-state index is -4.15. The summed E-state index contributed by atoms with van der Waals surface area (Å²) in [6, 6.07) is 2.65. The van der Waals surface area contributed by atoms with Crippen molar-refractivity contribution in [3.05, 3.63) is 29.8 Å². The van der Waals surface area contributed by atoms with Crippen LogP contribution in [0.5, 0.6) is 0 Å². The molecule has 102 valence electrons. The Labute approximate surface area is 110 Å². The molecule has 1 fully saturated rings. The summed E-state index contributed by atoms with van der Waals surface area (Å²) in [5.74, 6) is -2.16. The molecule has 1 saturated heterocycles. The predicted octanol–water partition coefficient (Wildman–Crippen LogP) is 1.03. The summed E-state index contributed by atoms with van der Waals surface area (Å²) in [5.41, 5.74) is 0. The van der Waals surface area contributed by atoms with Gasteiger partial charge in [0, 0.05) is 12.6 Å². The summed E-state index contributed by atoms with van der Waals surface area (Å²) in [7, 11) is -4.15. The molecule has 0 bridgehead atoms. The molecular formula is C10H13ClF2N2O2S. The summed E-state index contributed by atoms with van der Waals surface area (Å²) >= 11 is 0. The molecular weight excluding hydrogens is 286 g/mol. The van der Waals surface area contributed by atoms with E-state index in [1.165, 1.54) is 0 Å². The second-order valence-electron chi connectivity index (χ2n) is 3.86. The number of benzene rings is 1. The average molecular weight is 299 g/mol. The molecule has 1 aromatic rings. The van der Waals surface area contributed by atoms with Crippen molar-refractivity contribution in [2.24, 2.45) is 0 Å². The lowest BCUT2D eigenvalue weighted by Crippen LogP contribution is -2.37. The molecule has 0 amide bonds. The van der Waals surface area contributed by atoms with Crippen molar-refractivity contribution in [1.82, 2.24) is 10.0 Å². The molecule has 1 unspecified atom stereocenters. The van der Waals surface area contributed by atoms with Gasteiger partial charge in [-0.05, 0) is 25.1 Å². The topological polar surface area (TPSA) is 58.2 Å². The fourth-order valence-corrected chi connectivity index (χ4v) is 3.18. The molecule has 1 aliphatic rings. The zero-order valence-corrected chi connectivity index (χ0v) is 11.0. The number of nitrogens with one attached hydrogen (secondary N) is 2. The van der Waals surface area contributed by atoms with Gasteiger partial charge in [0.25, 0.3) is 0 Å². The zero-order chi connectivity index (χ0) is 12.5. The van der Waals surface area contributed by atoms with Crippen molar-refractivity contribution in [1.29, 1.82) is 0 Å². The Balaban J connectivity index is 0.00000162. The first kappa shape index (κ1) is 15.3. The van der Waals surface area contributed by atoms with Crippen molar-refractivity contribution in [3.8, 4) is 0 Å². The Bertz CT molecular complexity index is 498. The Morgan fingerprint density at radius 2 is 1.89 bits per heavy atom. The van der Waals surface area contributed by atoms with E-state index < -0.39 is 26.6 Å². The molecule has 2 rings (SSSR count). The number of hydrogen-bond donors (Lipinski definition) is 2. The Hall–Kier alpha value is -0.760. The number of hydrogen-bond acceptors (Lipinski definition) is 3. The van der Waals surface area contributed by atoms with E-state index in [-0.39, 0.29) is 18.4 Å². The first-order chi connectivity index (χ1) is 8.00. The Kier molecular flexibility index (Phi) is 5.03. The highest BCUT2D eigenvalue weighted by Crippen LogP contribution is 2.18. The molecule has 0 saturated carbocycles. The smallest absolute Gasteiger partial charge is 0.246 e. The molecule has 1 heterocycles. The van der Waals surface area contributed by atoms with Gasteiger partial charge in [-0.25, -0.2) is 21.9 Å². The van der Waals surface area contributed by atoms with Gasteiger partial charge in [-0.1, -0.05) is 6.07 Å². The molecule has 0 radical (unpaired) electrons. The van der Waals surface area contributed by atoms with Gasteiger partial charge in [-0.2, -0.15) is 0 Å². The van der Waals surface area contributed by atoms with Crippen molar-refractivity contribution in [3.63, 3.8) is 0 Å². The average Bonchev–Trinajstić information content (AvgIpc) is 2.68. The van der Waals surface area contributed by atoms with Crippen LogP contribution in [-0.2, 0) is 10.0 Å². The van der Waals surface area contributed by atoms with E-state index in [0.29, 0.717) is 19.5 Å². The molecule has 8 heteroatoms. The summed E-state index contributed by atoms with van der Waals surface area (Å²) in [4.78, 5) is -0.910. The SMILES string of the molecule is Cl.O=S(=O)(NC1CCNC1)c1c(F)cccc1F. The minimum absolute atomic E-state index is 0. The van der Waals surface area contributed by atoms with Gasteiger partial charge in [0.15, 0.2) is 4.90 Å². The van der Waals surface area contributed by atoms with Crippen molar-refractivity contribution in [2.75, 3.05) is 13.1 Å². The van der Waals surface area contributed by atoms with E-state index in [9.17, 15) is 17.2 Å². The third-order valence-corrected chi connectivity index (χ3v) is 4.14. The van der Waals surface area contributed by atoms with Gasteiger partial charge >= 0.3 is 0 Å². The summed E-state index contributed by atoms with van der Waals surface area (Å²) < 4.78 is 52.6. The Morgan fingerprint density at radius 1 is 1.28 bits per heavy atom. The summed E-state index contributed by atoms with van der Waals surface area (Å²) in [6.07, 6.45) is 0.606. The normalized spacial score (nSPS) is 19.6. The van der Waals surface area contributed by atoms with E-state index in [1.807, 2.05) is 0 Å². The molecule has 2 N–H and O–H groups in total. The summed E-state index contributed by atoms with van der Waals surface area (Å²) in [6.45, 7) is 1.16. The lowest BCUT2D eigenvalue weighted by molar-refractivity contribution is 0.507. The second kappa shape index (κ2) is 5.92. The van der Waals surface area contributed by atoms with Crippen LogP contribution in [0, 0.1) is 11.6 Å². The van der Waals surface area contributed by atoms with Gasteiger partial charge in [-0.15, -0.1) is 12.4 Å². The zero-order valence-electron chi connectivity index (χ0n) is 9.32.